The second kappa shape index (κ2) is 8.60. The zero-order valence-electron chi connectivity index (χ0n) is 18.9. The van der Waals surface area contributed by atoms with Gasteiger partial charge in [-0.2, -0.15) is 10.4 Å². The quantitative estimate of drug-likeness (QED) is 0.676. The molecule has 0 saturated carbocycles. The van der Waals surface area contributed by atoms with Crippen LogP contribution < -0.4 is 5.73 Å². The first-order valence-corrected chi connectivity index (χ1v) is 11.0. The summed E-state index contributed by atoms with van der Waals surface area (Å²) in [4.78, 5) is 15.0. The van der Waals surface area contributed by atoms with E-state index in [1.165, 1.54) is 5.56 Å². The monoisotopic (exact) mass is 427 g/mol. The molecule has 164 valence electrons. The summed E-state index contributed by atoms with van der Waals surface area (Å²) in [6.07, 6.45) is 1.85. The first-order chi connectivity index (χ1) is 15.3. The van der Waals surface area contributed by atoms with Gasteiger partial charge in [-0.1, -0.05) is 45.0 Å². The van der Waals surface area contributed by atoms with Gasteiger partial charge in [0.1, 0.15) is 0 Å². The maximum Gasteiger partial charge on any atom is 0.274 e. The molecule has 1 aliphatic rings. The van der Waals surface area contributed by atoms with Crippen LogP contribution in [-0.4, -0.2) is 39.7 Å². The summed E-state index contributed by atoms with van der Waals surface area (Å²) in [6.45, 7) is 7.79. The van der Waals surface area contributed by atoms with Crippen LogP contribution in [0.2, 0.25) is 0 Å². The predicted molar refractivity (Wildman–Crippen MR) is 126 cm³/mol. The molecule has 0 bridgehead atoms. The highest BCUT2D eigenvalue weighted by atomic mass is 16.2. The topological polar surface area (TPSA) is 87.9 Å². The maximum atomic E-state index is 13.2. The van der Waals surface area contributed by atoms with Gasteiger partial charge in [0, 0.05) is 24.7 Å². The number of benzene rings is 2. The molecule has 1 fully saturated rings. The van der Waals surface area contributed by atoms with E-state index < -0.39 is 0 Å². The summed E-state index contributed by atoms with van der Waals surface area (Å²) in [7, 11) is 0. The Morgan fingerprint density at radius 3 is 2.41 bits per heavy atom. The van der Waals surface area contributed by atoms with Crippen LogP contribution in [0.15, 0.2) is 54.6 Å². The lowest BCUT2D eigenvalue weighted by Crippen LogP contribution is -2.45. The summed E-state index contributed by atoms with van der Waals surface area (Å²) < 4.78 is 1.81. The number of hydrogen-bond donors (Lipinski definition) is 1. The second-order valence-corrected chi connectivity index (χ2v) is 9.47. The normalized spacial score (nSPS) is 16.6. The molecule has 2 N–H and O–H groups in total. The number of nitrogens with two attached hydrogens (primary N) is 1. The smallest absolute Gasteiger partial charge is 0.274 e. The predicted octanol–water partition coefficient (Wildman–Crippen LogP) is 4.27. The van der Waals surface area contributed by atoms with Crippen LogP contribution in [0.25, 0.3) is 16.9 Å². The zero-order chi connectivity index (χ0) is 22.9. The van der Waals surface area contributed by atoms with Crippen molar-refractivity contribution in [3.63, 3.8) is 0 Å². The Bertz CT molecular complexity index is 1150. The van der Waals surface area contributed by atoms with E-state index in [-0.39, 0.29) is 17.4 Å². The van der Waals surface area contributed by atoms with Gasteiger partial charge in [0.15, 0.2) is 5.69 Å². The Morgan fingerprint density at radius 2 is 1.81 bits per heavy atom. The molecule has 1 amide bonds. The molecule has 2 heterocycles. The van der Waals surface area contributed by atoms with Crippen molar-refractivity contribution in [3.05, 3.63) is 71.4 Å². The molecule has 3 aromatic rings. The van der Waals surface area contributed by atoms with Crippen molar-refractivity contribution in [2.75, 3.05) is 13.1 Å². The van der Waals surface area contributed by atoms with Gasteiger partial charge >= 0.3 is 0 Å². The van der Waals surface area contributed by atoms with Crippen LogP contribution in [0.5, 0.6) is 0 Å². The molecule has 1 unspecified atom stereocenters. The van der Waals surface area contributed by atoms with Crippen molar-refractivity contribution in [2.45, 2.75) is 45.1 Å². The van der Waals surface area contributed by atoms with Crippen molar-refractivity contribution in [1.82, 2.24) is 14.7 Å². The maximum absolute atomic E-state index is 13.2. The lowest BCUT2D eigenvalue weighted by Gasteiger charge is -2.30. The highest BCUT2D eigenvalue weighted by molar-refractivity contribution is 5.93. The Hall–Kier alpha value is -3.43. The fourth-order valence-corrected chi connectivity index (χ4v) is 4.06. The molecule has 6 nitrogen and oxygen atoms in total. The number of nitriles is 1. The van der Waals surface area contributed by atoms with E-state index in [9.17, 15) is 4.79 Å². The average Bonchev–Trinajstić information content (AvgIpc) is 3.23. The van der Waals surface area contributed by atoms with E-state index in [2.05, 4.69) is 39.0 Å². The molecule has 0 aliphatic carbocycles. The minimum Gasteiger partial charge on any atom is -0.336 e. The number of carbonyl (C=O) groups excluding carboxylic acids is 1. The molecule has 2 aromatic carbocycles. The number of rotatable bonds is 3. The molecule has 0 spiro atoms. The average molecular weight is 428 g/mol. The third kappa shape index (κ3) is 4.44. The van der Waals surface area contributed by atoms with Crippen LogP contribution in [0.3, 0.4) is 0 Å². The van der Waals surface area contributed by atoms with Crippen molar-refractivity contribution in [2.24, 2.45) is 5.73 Å². The van der Waals surface area contributed by atoms with Crippen molar-refractivity contribution in [1.29, 1.82) is 5.26 Å². The molecule has 1 saturated heterocycles. The van der Waals surface area contributed by atoms with Crippen LogP contribution in [-0.2, 0) is 5.41 Å². The molecule has 1 aromatic heterocycles. The molecular weight excluding hydrogens is 398 g/mol. The van der Waals surface area contributed by atoms with Gasteiger partial charge in [-0.15, -0.1) is 0 Å². The van der Waals surface area contributed by atoms with Crippen molar-refractivity contribution in [3.8, 4) is 23.0 Å². The van der Waals surface area contributed by atoms with E-state index in [1.54, 1.807) is 17.0 Å². The Labute approximate surface area is 189 Å². The van der Waals surface area contributed by atoms with E-state index in [0.29, 0.717) is 24.3 Å². The molecule has 1 atom stereocenters. The highest BCUT2D eigenvalue weighted by Gasteiger charge is 2.26. The van der Waals surface area contributed by atoms with Crippen molar-refractivity contribution < 1.29 is 4.79 Å². The zero-order valence-corrected chi connectivity index (χ0v) is 18.9. The van der Waals surface area contributed by atoms with E-state index in [4.69, 9.17) is 16.1 Å². The first kappa shape index (κ1) is 21.8. The van der Waals surface area contributed by atoms with Gasteiger partial charge in [-0.05, 0) is 54.2 Å². The van der Waals surface area contributed by atoms with Gasteiger partial charge in [0.05, 0.1) is 23.0 Å². The molecule has 32 heavy (non-hydrogen) atoms. The molecule has 1 aliphatic heterocycles. The summed E-state index contributed by atoms with van der Waals surface area (Å²) in [5.41, 5.74) is 10.9. The number of carbonyl (C=O) groups is 1. The van der Waals surface area contributed by atoms with Gasteiger partial charge < -0.3 is 10.6 Å². The molecule has 4 rings (SSSR count). The van der Waals surface area contributed by atoms with E-state index >= 15 is 0 Å². The lowest BCUT2D eigenvalue weighted by molar-refractivity contribution is 0.0702. The van der Waals surface area contributed by atoms with Crippen LogP contribution >= 0.6 is 0 Å². The molecule has 6 heteroatoms. The standard InChI is InChI=1S/C26H29N5O/c1-26(2,3)20-10-12-22(13-11-20)31-24(19-8-6-18(16-27)7-9-19)15-23(29-31)25(32)30-14-4-5-21(28)17-30/h6-13,15,21H,4-5,14,17,28H2,1-3H3. The summed E-state index contributed by atoms with van der Waals surface area (Å²) in [6, 6.07) is 19.6. The van der Waals surface area contributed by atoms with Crippen molar-refractivity contribution >= 4 is 5.91 Å². The summed E-state index contributed by atoms with van der Waals surface area (Å²) in [5.74, 6) is -0.0971. The Kier molecular flexibility index (Phi) is 5.86. The van der Waals surface area contributed by atoms with Crippen LogP contribution in [0.4, 0.5) is 0 Å². The Balaban J connectivity index is 1.76. The number of hydrogen-bond acceptors (Lipinski definition) is 4. The number of nitrogens with zero attached hydrogens (tertiary/aromatic N) is 4. The van der Waals surface area contributed by atoms with Crippen LogP contribution in [0.1, 0.15) is 55.2 Å². The minimum atomic E-state index is -0.0971. The van der Waals surface area contributed by atoms with E-state index in [0.717, 1.165) is 29.8 Å². The third-order valence-electron chi connectivity index (χ3n) is 5.96. The fourth-order valence-electron chi connectivity index (χ4n) is 4.06. The van der Waals surface area contributed by atoms with E-state index in [1.807, 2.05) is 35.0 Å². The lowest BCUT2D eigenvalue weighted by atomic mass is 9.87. The summed E-state index contributed by atoms with van der Waals surface area (Å²) >= 11 is 0. The first-order valence-electron chi connectivity index (χ1n) is 11.0. The minimum absolute atomic E-state index is 0.0118. The number of aromatic nitrogens is 2. The summed E-state index contributed by atoms with van der Waals surface area (Å²) in [5, 5.41) is 13.8. The third-order valence-corrected chi connectivity index (χ3v) is 5.96. The van der Waals surface area contributed by atoms with Gasteiger partial charge in [-0.25, -0.2) is 4.68 Å². The molecule has 0 radical (unpaired) electrons. The SMILES string of the molecule is CC(C)(C)c1ccc(-n2nc(C(=O)N3CCCC(N)C3)cc2-c2ccc(C#N)cc2)cc1. The van der Waals surface area contributed by atoms with Gasteiger partial charge in [0.25, 0.3) is 5.91 Å². The fraction of sp³-hybridized carbons (Fsp3) is 0.346. The number of amides is 1. The highest BCUT2D eigenvalue weighted by Crippen LogP contribution is 2.28. The number of piperidine rings is 1. The van der Waals surface area contributed by atoms with Gasteiger partial charge in [0.2, 0.25) is 0 Å². The second-order valence-electron chi connectivity index (χ2n) is 9.47. The Morgan fingerprint density at radius 1 is 1.12 bits per heavy atom. The largest absolute Gasteiger partial charge is 0.336 e. The number of likely N-dealkylation sites (tertiary alicyclic amines) is 1. The molecular formula is C26H29N5O. The van der Waals surface area contributed by atoms with Crippen LogP contribution in [0, 0.1) is 11.3 Å². The van der Waals surface area contributed by atoms with Gasteiger partial charge in [-0.3, -0.25) is 4.79 Å².